The van der Waals surface area contributed by atoms with Crippen molar-refractivity contribution in [3.63, 3.8) is 0 Å². The molecule has 0 saturated heterocycles. The molecule has 0 radical (unpaired) electrons. The number of anilines is 1. The fourth-order valence-corrected chi connectivity index (χ4v) is 1.63. The highest BCUT2D eigenvalue weighted by Crippen LogP contribution is 2.22. The zero-order valence-corrected chi connectivity index (χ0v) is 10.5. The van der Waals surface area contributed by atoms with E-state index in [-0.39, 0.29) is 17.0 Å². The maximum atomic E-state index is 11.7. The lowest BCUT2D eigenvalue weighted by Gasteiger charge is -2.08. The van der Waals surface area contributed by atoms with Crippen molar-refractivity contribution >= 4 is 23.2 Å². The minimum atomic E-state index is -0.345. The molecular formula is C12H17ClN2O2. The third-order valence-electron chi connectivity index (χ3n) is 2.36. The number of nitrogens with one attached hydrogen (secondary N) is 1. The lowest BCUT2D eigenvalue weighted by Crippen LogP contribution is -2.25. The predicted molar refractivity (Wildman–Crippen MR) is 69.1 cm³/mol. The summed E-state index contributed by atoms with van der Waals surface area (Å²) in [6, 6.07) is 4.96. The van der Waals surface area contributed by atoms with E-state index in [0.717, 1.165) is 6.42 Å². The van der Waals surface area contributed by atoms with Crippen molar-refractivity contribution < 1.29 is 9.90 Å². The van der Waals surface area contributed by atoms with E-state index in [9.17, 15) is 4.79 Å². The van der Waals surface area contributed by atoms with Crippen molar-refractivity contribution in [3.05, 3.63) is 28.8 Å². The van der Waals surface area contributed by atoms with Crippen LogP contribution in [-0.4, -0.2) is 23.7 Å². The molecule has 0 aromatic heterocycles. The Morgan fingerprint density at radius 1 is 1.59 bits per heavy atom. The van der Waals surface area contributed by atoms with Gasteiger partial charge >= 0.3 is 0 Å². The van der Waals surface area contributed by atoms with Crippen LogP contribution in [0.3, 0.4) is 0 Å². The zero-order chi connectivity index (χ0) is 12.8. The van der Waals surface area contributed by atoms with Gasteiger partial charge in [0.1, 0.15) is 0 Å². The van der Waals surface area contributed by atoms with Gasteiger partial charge < -0.3 is 16.2 Å². The second kappa shape index (κ2) is 6.47. The van der Waals surface area contributed by atoms with E-state index in [4.69, 9.17) is 22.4 Å². The van der Waals surface area contributed by atoms with Crippen molar-refractivity contribution in [2.45, 2.75) is 25.9 Å². The van der Waals surface area contributed by atoms with Crippen molar-refractivity contribution in [2.24, 2.45) is 0 Å². The molecule has 1 amide bonds. The third kappa shape index (κ3) is 4.24. The first kappa shape index (κ1) is 13.8. The van der Waals surface area contributed by atoms with Crippen LogP contribution >= 0.6 is 11.6 Å². The topological polar surface area (TPSA) is 75.3 Å². The van der Waals surface area contributed by atoms with Crippen LogP contribution < -0.4 is 11.1 Å². The summed E-state index contributed by atoms with van der Waals surface area (Å²) >= 11 is 5.93. The van der Waals surface area contributed by atoms with Gasteiger partial charge in [0.25, 0.3) is 5.91 Å². The molecular weight excluding hydrogens is 240 g/mol. The summed E-state index contributed by atoms with van der Waals surface area (Å²) in [6.07, 6.45) is 1.04. The molecule has 1 aromatic rings. The highest BCUT2D eigenvalue weighted by atomic mass is 35.5. The molecule has 4 N–H and O–H groups in total. The standard InChI is InChI=1S/C12H17ClN2O2/c1-8(16)4-3-7-15-12(17)9-5-2-6-10(14)11(9)13/h2,5-6,8,16H,3-4,7,14H2,1H3,(H,15,17). The first-order chi connectivity index (χ1) is 8.02. The molecule has 0 saturated carbocycles. The van der Waals surface area contributed by atoms with Gasteiger partial charge in [-0.1, -0.05) is 17.7 Å². The van der Waals surface area contributed by atoms with Gasteiger partial charge in [-0.2, -0.15) is 0 Å². The summed E-state index contributed by atoms with van der Waals surface area (Å²) < 4.78 is 0. The second-order valence-electron chi connectivity index (χ2n) is 3.96. The van der Waals surface area contributed by atoms with Gasteiger partial charge in [0.05, 0.1) is 22.4 Å². The van der Waals surface area contributed by atoms with Crippen molar-refractivity contribution in [1.29, 1.82) is 0 Å². The third-order valence-corrected chi connectivity index (χ3v) is 2.78. The molecule has 0 aliphatic carbocycles. The van der Waals surface area contributed by atoms with Crippen LogP contribution in [0.5, 0.6) is 0 Å². The molecule has 0 bridgehead atoms. The SMILES string of the molecule is CC(O)CCCNC(=O)c1cccc(N)c1Cl. The summed E-state index contributed by atoms with van der Waals surface area (Å²) in [5, 5.41) is 12.1. The van der Waals surface area contributed by atoms with Crippen LogP contribution in [0.2, 0.25) is 5.02 Å². The molecule has 1 aromatic carbocycles. The van der Waals surface area contributed by atoms with Gasteiger partial charge in [0, 0.05) is 6.54 Å². The van der Waals surface area contributed by atoms with Gasteiger partial charge in [-0.3, -0.25) is 4.79 Å². The molecule has 1 unspecified atom stereocenters. The van der Waals surface area contributed by atoms with E-state index in [1.165, 1.54) is 0 Å². The molecule has 1 rings (SSSR count). The highest BCUT2D eigenvalue weighted by Gasteiger charge is 2.11. The number of nitrogens with two attached hydrogens (primary N) is 1. The van der Waals surface area contributed by atoms with Crippen LogP contribution in [0.15, 0.2) is 18.2 Å². The van der Waals surface area contributed by atoms with Crippen molar-refractivity contribution in [2.75, 3.05) is 12.3 Å². The minimum Gasteiger partial charge on any atom is -0.398 e. The number of nitrogen functional groups attached to an aromatic ring is 1. The number of aliphatic hydroxyl groups is 1. The smallest absolute Gasteiger partial charge is 0.252 e. The Morgan fingerprint density at radius 2 is 2.29 bits per heavy atom. The number of rotatable bonds is 5. The van der Waals surface area contributed by atoms with Gasteiger partial charge in [-0.15, -0.1) is 0 Å². The number of hydrogen-bond acceptors (Lipinski definition) is 3. The second-order valence-corrected chi connectivity index (χ2v) is 4.33. The number of hydrogen-bond donors (Lipinski definition) is 3. The number of halogens is 1. The van der Waals surface area contributed by atoms with Crippen molar-refractivity contribution in [3.8, 4) is 0 Å². The maximum absolute atomic E-state index is 11.7. The summed E-state index contributed by atoms with van der Waals surface area (Å²) in [5.74, 6) is -0.243. The van der Waals surface area contributed by atoms with Crippen molar-refractivity contribution in [1.82, 2.24) is 5.32 Å². The Balaban J connectivity index is 2.50. The van der Waals surface area contributed by atoms with E-state index < -0.39 is 0 Å². The van der Waals surface area contributed by atoms with Crippen LogP contribution in [0, 0.1) is 0 Å². The first-order valence-electron chi connectivity index (χ1n) is 5.52. The molecule has 4 nitrogen and oxygen atoms in total. The summed E-state index contributed by atoms with van der Waals surface area (Å²) in [7, 11) is 0. The van der Waals surface area contributed by atoms with Gasteiger partial charge in [0.15, 0.2) is 0 Å². The lowest BCUT2D eigenvalue weighted by molar-refractivity contribution is 0.0950. The number of amides is 1. The van der Waals surface area contributed by atoms with E-state index in [2.05, 4.69) is 5.32 Å². The van der Waals surface area contributed by atoms with Crippen LogP contribution in [0.1, 0.15) is 30.1 Å². The molecule has 0 spiro atoms. The molecule has 5 heteroatoms. The number of carbonyl (C=O) groups excluding carboxylic acids is 1. The number of benzene rings is 1. The predicted octanol–water partition coefficient (Wildman–Crippen LogP) is 1.81. The Bertz CT molecular complexity index is 394. The monoisotopic (exact) mass is 256 g/mol. The quantitative estimate of drug-likeness (QED) is 0.556. The molecule has 17 heavy (non-hydrogen) atoms. The number of aliphatic hydroxyl groups excluding tert-OH is 1. The zero-order valence-electron chi connectivity index (χ0n) is 9.74. The normalized spacial score (nSPS) is 12.2. The molecule has 0 heterocycles. The summed E-state index contributed by atoms with van der Waals surface area (Å²) in [6.45, 7) is 2.23. The average Bonchev–Trinajstić information content (AvgIpc) is 2.27. The largest absolute Gasteiger partial charge is 0.398 e. The van der Waals surface area contributed by atoms with Gasteiger partial charge in [-0.25, -0.2) is 0 Å². The Kier molecular flexibility index (Phi) is 5.25. The van der Waals surface area contributed by atoms with E-state index in [1.807, 2.05) is 0 Å². The van der Waals surface area contributed by atoms with Crippen LogP contribution in [0.25, 0.3) is 0 Å². The minimum absolute atomic E-state index is 0.243. The van der Waals surface area contributed by atoms with E-state index in [0.29, 0.717) is 24.2 Å². The Labute approximate surface area is 106 Å². The summed E-state index contributed by atoms with van der Waals surface area (Å²) in [4.78, 5) is 11.7. The molecule has 94 valence electrons. The van der Waals surface area contributed by atoms with E-state index >= 15 is 0 Å². The molecule has 1 atom stereocenters. The molecule has 0 fully saturated rings. The molecule has 0 aliphatic heterocycles. The lowest BCUT2D eigenvalue weighted by atomic mass is 10.1. The van der Waals surface area contributed by atoms with Gasteiger partial charge in [-0.05, 0) is 31.9 Å². The molecule has 0 aliphatic rings. The fourth-order valence-electron chi connectivity index (χ4n) is 1.42. The Hall–Kier alpha value is -1.26. The van der Waals surface area contributed by atoms with Crippen LogP contribution in [-0.2, 0) is 0 Å². The summed E-state index contributed by atoms with van der Waals surface area (Å²) in [5.41, 5.74) is 6.38. The maximum Gasteiger partial charge on any atom is 0.252 e. The van der Waals surface area contributed by atoms with E-state index in [1.54, 1.807) is 25.1 Å². The highest BCUT2D eigenvalue weighted by molar-refractivity contribution is 6.36. The fraction of sp³-hybridized carbons (Fsp3) is 0.417. The first-order valence-corrected chi connectivity index (χ1v) is 5.90. The Morgan fingerprint density at radius 3 is 2.94 bits per heavy atom. The van der Waals surface area contributed by atoms with Crippen LogP contribution in [0.4, 0.5) is 5.69 Å². The average molecular weight is 257 g/mol. The van der Waals surface area contributed by atoms with Gasteiger partial charge in [0.2, 0.25) is 0 Å². The number of carbonyl (C=O) groups is 1.